The van der Waals surface area contributed by atoms with Gasteiger partial charge >= 0.3 is 0 Å². The van der Waals surface area contributed by atoms with Gasteiger partial charge in [0.1, 0.15) is 5.82 Å². The number of rotatable bonds is 7. The molecule has 0 N–H and O–H groups in total. The Kier molecular flexibility index (Phi) is 9.17. The molecule has 0 amide bonds. The SMILES string of the molecule is CCC.CCCC(CCC)N1CCc2cc(S(=O)c3ccccc3F)ccc21. The average molecular weight is 404 g/mol. The summed E-state index contributed by atoms with van der Waals surface area (Å²) >= 11 is 0. The van der Waals surface area contributed by atoms with E-state index in [2.05, 4.69) is 38.7 Å². The highest BCUT2D eigenvalue weighted by Crippen LogP contribution is 2.34. The van der Waals surface area contributed by atoms with E-state index < -0.39 is 16.6 Å². The first kappa shape index (κ1) is 22.6. The fraction of sp³-hybridized carbons (Fsp3) is 0.500. The van der Waals surface area contributed by atoms with Gasteiger partial charge in [-0.15, -0.1) is 0 Å². The highest BCUT2D eigenvalue weighted by molar-refractivity contribution is 7.85. The molecule has 0 bridgehead atoms. The molecule has 0 radical (unpaired) electrons. The lowest BCUT2D eigenvalue weighted by Crippen LogP contribution is -2.33. The van der Waals surface area contributed by atoms with Gasteiger partial charge in [-0.1, -0.05) is 59.1 Å². The minimum Gasteiger partial charge on any atom is -0.368 e. The van der Waals surface area contributed by atoms with Gasteiger partial charge in [0.2, 0.25) is 0 Å². The van der Waals surface area contributed by atoms with Crippen molar-refractivity contribution in [3.8, 4) is 0 Å². The molecule has 2 aromatic carbocycles. The molecule has 2 aromatic rings. The Morgan fingerprint density at radius 1 is 1.04 bits per heavy atom. The highest BCUT2D eigenvalue weighted by Gasteiger charge is 2.26. The maximum atomic E-state index is 13.9. The van der Waals surface area contributed by atoms with E-state index in [1.54, 1.807) is 18.2 Å². The van der Waals surface area contributed by atoms with Crippen LogP contribution in [0.25, 0.3) is 0 Å². The van der Waals surface area contributed by atoms with Crippen molar-refractivity contribution < 1.29 is 8.60 Å². The van der Waals surface area contributed by atoms with Gasteiger partial charge in [0.15, 0.2) is 0 Å². The van der Waals surface area contributed by atoms with Crippen molar-refractivity contribution in [3.63, 3.8) is 0 Å². The van der Waals surface area contributed by atoms with Crippen LogP contribution >= 0.6 is 0 Å². The minimum atomic E-state index is -1.47. The number of hydrogen-bond donors (Lipinski definition) is 0. The molecule has 154 valence electrons. The molecule has 4 heteroatoms. The minimum absolute atomic E-state index is 0.257. The number of benzene rings is 2. The van der Waals surface area contributed by atoms with Crippen molar-refractivity contribution in [1.29, 1.82) is 0 Å². The molecule has 1 unspecified atom stereocenters. The third kappa shape index (κ3) is 5.44. The van der Waals surface area contributed by atoms with Gasteiger partial charge in [0.05, 0.1) is 15.7 Å². The van der Waals surface area contributed by atoms with Crippen LogP contribution in [0.3, 0.4) is 0 Å². The van der Waals surface area contributed by atoms with E-state index in [1.165, 1.54) is 49.4 Å². The fourth-order valence-electron chi connectivity index (χ4n) is 3.74. The molecule has 1 aliphatic heterocycles. The molecule has 0 spiro atoms. The zero-order valence-electron chi connectivity index (χ0n) is 17.7. The van der Waals surface area contributed by atoms with Gasteiger partial charge in [-0.25, -0.2) is 8.60 Å². The van der Waals surface area contributed by atoms with Crippen molar-refractivity contribution in [2.45, 2.75) is 82.1 Å². The topological polar surface area (TPSA) is 20.3 Å². The second-order valence-electron chi connectivity index (χ2n) is 7.37. The summed E-state index contributed by atoms with van der Waals surface area (Å²) < 4.78 is 26.7. The quantitative estimate of drug-likeness (QED) is 0.510. The van der Waals surface area contributed by atoms with Gasteiger partial charge < -0.3 is 4.90 Å². The molecule has 1 heterocycles. The predicted molar refractivity (Wildman–Crippen MR) is 118 cm³/mol. The summed E-state index contributed by atoms with van der Waals surface area (Å²) in [6.07, 6.45) is 7.01. The summed E-state index contributed by atoms with van der Waals surface area (Å²) in [5.41, 5.74) is 2.50. The first-order chi connectivity index (χ1) is 13.6. The molecule has 2 nitrogen and oxygen atoms in total. The van der Waals surface area contributed by atoms with E-state index in [4.69, 9.17) is 0 Å². The maximum absolute atomic E-state index is 13.9. The Bertz CT molecular complexity index is 771. The smallest absolute Gasteiger partial charge is 0.139 e. The molecule has 1 atom stereocenters. The van der Waals surface area contributed by atoms with Crippen molar-refractivity contribution in [2.24, 2.45) is 0 Å². The first-order valence-electron chi connectivity index (χ1n) is 10.6. The zero-order valence-corrected chi connectivity index (χ0v) is 18.5. The van der Waals surface area contributed by atoms with Crippen molar-refractivity contribution in [2.75, 3.05) is 11.4 Å². The summed E-state index contributed by atoms with van der Waals surface area (Å²) in [6.45, 7) is 9.75. The van der Waals surface area contributed by atoms with Crippen molar-refractivity contribution in [3.05, 3.63) is 53.8 Å². The summed E-state index contributed by atoms with van der Waals surface area (Å²) in [5, 5.41) is 0. The third-order valence-electron chi connectivity index (χ3n) is 4.92. The lowest BCUT2D eigenvalue weighted by atomic mass is 10.0. The number of fused-ring (bicyclic) bond motifs is 1. The molecule has 0 aliphatic carbocycles. The standard InChI is InChI=1S/C21H26FNOS.C3H8/c1-3-7-17(8-4-2)23-14-13-16-15-18(11-12-20(16)23)25(24)21-10-6-5-9-19(21)22;1-3-2/h5-6,9-12,15,17H,3-4,7-8,13-14H2,1-2H3;3H2,1-2H3. The van der Waals surface area contributed by atoms with Crippen LogP contribution in [-0.2, 0) is 17.2 Å². The normalized spacial score (nSPS) is 13.9. The Morgan fingerprint density at radius 2 is 1.68 bits per heavy atom. The fourth-order valence-corrected chi connectivity index (χ4v) is 4.88. The molecule has 0 aromatic heterocycles. The van der Waals surface area contributed by atoms with E-state index in [0.717, 1.165) is 13.0 Å². The Morgan fingerprint density at radius 3 is 2.29 bits per heavy atom. The summed E-state index contributed by atoms with van der Waals surface area (Å²) in [4.78, 5) is 3.46. The van der Waals surface area contributed by atoms with Crippen molar-refractivity contribution in [1.82, 2.24) is 0 Å². The van der Waals surface area contributed by atoms with Crippen LogP contribution in [0.5, 0.6) is 0 Å². The highest BCUT2D eigenvalue weighted by atomic mass is 32.2. The summed E-state index contributed by atoms with van der Waals surface area (Å²) in [5.74, 6) is -0.408. The first-order valence-corrected chi connectivity index (χ1v) is 11.8. The van der Waals surface area contributed by atoms with Crippen LogP contribution < -0.4 is 4.90 Å². The average Bonchev–Trinajstić information content (AvgIpc) is 3.11. The van der Waals surface area contributed by atoms with E-state index >= 15 is 0 Å². The molecule has 0 fully saturated rings. The van der Waals surface area contributed by atoms with E-state index in [9.17, 15) is 8.60 Å². The number of nitrogens with zero attached hydrogens (tertiary/aromatic N) is 1. The number of hydrogen-bond acceptors (Lipinski definition) is 2. The van der Waals surface area contributed by atoms with Gasteiger partial charge in [-0.05, 0) is 55.2 Å². The van der Waals surface area contributed by atoms with Crippen LogP contribution in [0.15, 0.2) is 52.3 Å². The van der Waals surface area contributed by atoms with Crippen LogP contribution in [0.2, 0.25) is 0 Å². The summed E-state index contributed by atoms with van der Waals surface area (Å²) in [6, 6.07) is 12.9. The largest absolute Gasteiger partial charge is 0.368 e. The lowest BCUT2D eigenvalue weighted by molar-refractivity contribution is 0.514. The van der Waals surface area contributed by atoms with E-state index in [-0.39, 0.29) is 4.90 Å². The van der Waals surface area contributed by atoms with E-state index in [1.807, 2.05) is 12.1 Å². The van der Waals surface area contributed by atoms with E-state index in [0.29, 0.717) is 10.9 Å². The molecule has 0 saturated heterocycles. The monoisotopic (exact) mass is 403 g/mol. The molecule has 3 rings (SSSR count). The summed E-state index contributed by atoms with van der Waals surface area (Å²) in [7, 11) is -1.47. The molecule has 28 heavy (non-hydrogen) atoms. The number of halogens is 1. The molecule has 0 saturated carbocycles. The maximum Gasteiger partial charge on any atom is 0.139 e. The predicted octanol–water partition coefficient (Wildman–Crippen LogP) is 6.74. The van der Waals surface area contributed by atoms with Crippen LogP contribution in [0, 0.1) is 5.82 Å². The molecular formula is C24H34FNOS. The zero-order chi connectivity index (χ0) is 20.5. The van der Waals surface area contributed by atoms with Gasteiger partial charge in [0, 0.05) is 23.2 Å². The van der Waals surface area contributed by atoms with Crippen LogP contribution in [0.4, 0.5) is 10.1 Å². The second kappa shape index (κ2) is 11.4. The van der Waals surface area contributed by atoms with Crippen LogP contribution in [0.1, 0.15) is 65.4 Å². The number of anilines is 1. The van der Waals surface area contributed by atoms with Gasteiger partial charge in [-0.3, -0.25) is 0 Å². The molecule has 1 aliphatic rings. The van der Waals surface area contributed by atoms with Gasteiger partial charge in [0.25, 0.3) is 0 Å². The Balaban J connectivity index is 0.000000878. The lowest BCUT2D eigenvalue weighted by Gasteiger charge is -2.30. The Hall–Kier alpha value is -1.68. The van der Waals surface area contributed by atoms with Crippen LogP contribution in [-0.4, -0.2) is 16.8 Å². The Labute approximate surface area is 172 Å². The van der Waals surface area contributed by atoms with Gasteiger partial charge in [-0.2, -0.15) is 0 Å². The van der Waals surface area contributed by atoms with Crippen molar-refractivity contribution >= 4 is 16.5 Å². The molecular weight excluding hydrogens is 369 g/mol. The third-order valence-corrected chi connectivity index (χ3v) is 6.33. The second-order valence-corrected chi connectivity index (χ2v) is 8.82.